The van der Waals surface area contributed by atoms with Crippen LogP contribution in [0.25, 0.3) is 0 Å². The van der Waals surface area contributed by atoms with E-state index < -0.39 is 17.6 Å². The molecule has 0 radical (unpaired) electrons. The lowest BCUT2D eigenvalue weighted by Gasteiger charge is -2.22. The summed E-state index contributed by atoms with van der Waals surface area (Å²) >= 11 is 0. The summed E-state index contributed by atoms with van der Waals surface area (Å²) in [5, 5.41) is 0. The van der Waals surface area contributed by atoms with Gasteiger partial charge >= 0.3 is 5.97 Å². The Labute approximate surface area is 114 Å². The molecule has 0 saturated heterocycles. The number of hydrogen-bond donors (Lipinski definition) is 1. The lowest BCUT2D eigenvalue weighted by molar-refractivity contribution is -0.156. The van der Waals surface area contributed by atoms with Crippen LogP contribution in [-0.4, -0.2) is 16.6 Å². The van der Waals surface area contributed by atoms with Gasteiger partial charge in [-0.2, -0.15) is 0 Å². The second kappa shape index (κ2) is 7.48. The molecule has 1 aromatic rings. The Kier molecular flexibility index (Phi) is 8.15. The van der Waals surface area contributed by atoms with Crippen molar-refractivity contribution in [3.63, 3.8) is 0 Å². The monoisotopic (exact) mass is 280 g/mol. The van der Waals surface area contributed by atoms with Crippen LogP contribution < -0.4 is 5.73 Å². The van der Waals surface area contributed by atoms with E-state index in [1.165, 1.54) is 0 Å². The average molecular weight is 281 g/mol. The Morgan fingerprint density at radius 3 is 2.41 bits per heavy atom. The number of ether oxygens (including phenoxy) is 1. The molecule has 1 rings (SSSR count). The average Bonchev–Trinajstić information content (AvgIpc) is 2.15. The Bertz CT molecular complexity index is 339. The molecule has 6 heteroatoms. The van der Waals surface area contributed by atoms with E-state index in [4.69, 9.17) is 10.5 Å². The van der Waals surface area contributed by atoms with Gasteiger partial charge in [-0.1, -0.05) is 6.07 Å². The van der Waals surface area contributed by atoms with Crippen molar-refractivity contribution in [3.8, 4) is 0 Å². The van der Waals surface area contributed by atoms with Gasteiger partial charge in [0.1, 0.15) is 11.6 Å². The molecule has 0 saturated carbocycles. The van der Waals surface area contributed by atoms with E-state index in [0.29, 0.717) is 5.56 Å². The fourth-order valence-corrected chi connectivity index (χ4v) is 1.06. The highest BCUT2D eigenvalue weighted by molar-refractivity contribution is 5.85. The molecule has 4 nitrogen and oxygen atoms in total. The van der Waals surface area contributed by atoms with Crippen molar-refractivity contribution < 1.29 is 9.53 Å². The molecule has 1 heterocycles. The minimum atomic E-state index is -0.766. The Morgan fingerprint density at radius 1 is 1.41 bits per heavy atom. The third-order valence-corrected chi connectivity index (χ3v) is 1.70. The number of carbonyl (C=O) groups excluding carboxylic acids is 1. The third-order valence-electron chi connectivity index (χ3n) is 1.70. The van der Waals surface area contributed by atoms with E-state index >= 15 is 0 Å². The molecule has 0 unspecified atom stereocenters. The van der Waals surface area contributed by atoms with Gasteiger partial charge in [0.15, 0.2) is 0 Å². The summed E-state index contributed by atoms with van der Waals surface area (Å²) in [6, 6.07) is 2.72. The fourth-order valence-electron chi connectivity index (χ4n) is 1.06. The van der Waals surface area contributed by atoms with Crippen LogP contribution in [-0.2, 0) is 9.53 Å². The Hall–Kier alpha value is -0.840. The van der Waals surface area contributed by atoms with Crippen molar-refractivity contribution in [3.05, 3.63) is 30.1 Å². The predicted octanol–water partition coefficient (Wildman–Crippen LogP) is 2.27. The Morgan fingerprint density at radius 2 is 2.00 bits per heavy atom. The molecular formula is C11H18Cl2N2O2. The number of esters is 1. The minimum Gasteiger partial charge on any atom is -0.459 e. The number of hydrogen-bond acceptors (Lipinski definition) is 4. The highest BCUT2D eigenvalue weighted by Crippen LogP contribution is 2.15. The second-order valence-corrected chi connectivity index (χ2v) is 4.30. The summed E-state index contributed by atoms with van der Waals surface area (Å²) in [7, 11) is 0. The molecule has 0 amide bonds. The Balaban J connectivity index is 0. The molecule has 17 heavy (non-hydrogen) atoms. The first-order chi connectivity index (χ1) is 6.90. The zero-order valence-corrected chi connectivity index (χ0v) is 11.7. The summed E-state index contributed by atoms with van der Waals surface area (Å²) in [5.74, 6) is -0.435. The van der Waals surface area contributed by atoms with Crippen molar-refractivity contribution >= 4 is 30.8 Å². The number of nitrogens with zero attached hydrogens (tertiary/aromatic N) is 1. The molecule has 2 N–H and O–H groups in total. The molecule has 1 aromatic heterocycles. The molecule has 0 aliphatic heterocycles. The van der Waals surface area contributed by atoms with Crippen molar-refractivity contribution in [2.45, 2.75) is 32.4 Å². The maximum absolute atomic E-state index is 11.6. The molecule has 0 fully saturated rings. The topological polar surface area (TPSA) is 65.2 Å². The quantitative estimate of drug-likeness (QED) is 0.844. The smallest absolute Gasteiger partial charge is 0.328 e. The predicted molar refractivity (Wildman–Crippen MR) is 71.5 cm³/mol. The van der Waals surface area contributed by atoms with Crippen molar-refractivity contribution in [2.24, 2.45) is 5.73 Å². The highest BCUT2D eigenvalue weighted by Gasteiger charge is 2.23. The van der Waals surface area contributed by atoms with Gasteiger partial charge in [0.25, 0.3) is 0 Å². The molecule has 0 spiro atoms. The zero-order valence-electron chi connectivity index (χ0n) is 10.0. The number of pyridine rings is 1. The number of rotatable bonds is 2. The maximum Gasteiger partial charge on any atom is 0.328 e. The van der Waals surface area contributed by atoms with Gasteiger partial charge in [0.05, 0.1) is 0 Å². The highest BCUT2D eigenvalue weighted by atomic mass is 35.5. The normalized spacial score (nSPS) is 11.8. The third kappa shape index (κ3) is 6.46. The van der Waals surface area contributed by atoms with E-state index in [-0.39, 0.29) is 24.8 Å². The van der Waals surface area contributed by atoms with E-state index in [1.54, 1.807) is 45.3 Å². The van der Waals surface area contributed by atoms with Crippen LogP contribution in [0.15, 0.2) is 24.5 Å². The standard InChI is InChI=1S/C11H16N2O2.2ClH/c1-11(2,3)15-10(14)9(12)8-5-4-6-13-7-8;;/h4-7,9H,12H2,1-3H3;2*1H/t9-;;/m1../s1. The van der Waals surface area contributed by atoms with Crippen LogP contribution in [0.5, 0.6) is 0 Å². The second-order valence-electron chi connectivity index (χ2n) is 4.30. The molecule has 98 valence electrons. The van der Waals surface area contributed by atoms with Crippen molar-refractivity contribution in [1.29, 1.82) is 0 Å². The molecular weight excluding hydrogens is 263 g/mol. The zero-order chi connectivity index (χ0) is 11.5. The number of aromatic nitrogens is 1. The van der Waals surface area contributed by atoms with Crippen LogP contribution in [0.3, 0.4) is 0 Å². The van der Waals surface area contributed by atoms with Gasteiger partial charge < -0.3 is 10.5 Å². The fraction of sp³-hybridized carbons (Fsp3) is 0.455. The van der Waals surface area contributed by atoms with E-state index in [1.807, 2.05) is 0 Å². The molecule has 0 aliphatic carbocycles. The molecule has 1 atom stereocenters. The van der Waals surface area contributed by atoms with Gasteiger partial charge in [0, 0.05) is 12.4 Å². The molecule has 0 aromatic carbocycles. The largest absolute Gasteiger partial charge is 0.459 e. The van der Waals surface area contributed by atoms with Crippen LogP contribution in [0, 0.1) is 0 Å². The molecule has 0 bridgehead atoms. The van der Waals surface area contributed by atoms with E-state index in [0.717, 1.165) is 0 Å². The van der Waals surface area contributed by atoms with E-state index in [9.17, 15) is 4.79 Å². The summed E-state index contributed by atoms with van der Waals surface area (Å²) < 4.78 is 5.16. The van der Waals surface area contributed by atoms with Crippen LogP contribution in [0.2, 0.25) is 0 Å². The number of carbonyl (C=O) groups is 1. The molecule has 0 aliphatic rings. The minimum absolute atomic E-state index is 0. The number of halogens is 2. The van der Waals surface area contributed by atoms with Crippen LogP contribution in [0.4, 0.5) is 0 Å². The van der Waals surface area contributed by atoms with Gasteiger partial charge in [-0.25, -0.2) is 4.79 Å². The first-order valence-electron chi connectivity index (χ1n) is 4.78. The summed E-state index contributed by atoms with van der Waals surface area (Å²) in [6.07, 6.45) is 3.19. The van der Waals surface area contributed by atoms with Gasteiger partial charge in [-0.3, -0.25) is 4.98 Å². The van der Waals surface area contributed by atoms with Gasteiger partial charge in [0.2, 0.25) is 0 Å². The van der Waals surface area contributed by atoms with E-state index in [2.05, 4.69) is 4.98 Å². The van der Waals surface area contributed by atoms with Crippen LogP contribution in [0.1, 0.15) is 32.4 Å². The van der Waals surface area contributed by atoms with Crippen molar-refractivity contribution in [1.82, 2.24) is 4.98 Å². The first-order valence-corrected chi connectivity index (χ1v) is 4.78. The SMILES string of the molecule is CC(C)(C)OC(=O)[C@H](N)c1cccnc1.Cl.Cl. The van der Waals surface area contributed by atoms with Gasteiger partial charge in [-0.05, 0) is 32.4 Å². The maximum atomic E-state index is 11.6. The summed E-state index contributed by atoms with van der Waals surface area (Å²) in [5.41, 5.74) is 5.87. The van der Waals surface area contributed by atoms with Gasteiger partial charge in [-0.15, -0.1) is 24.8 Å². The summed E-state index contributed by atoms with van der Waals surface area (Å²) in [4.78, 5) is 15.5. The van der Waals surface area contributed by atoms with Crippen LogP contribution >= 0.6 is 24.8 Å². The lowest BCUT2D eigenvalue weighted by atomic mass is 10.1. The number of nitrogens with two attached hydrogens (primary N) is 1. The summed E-state index contributed by atoms with van der Waals surface area (Å²) in [6.45, 7) is 5.42. The first kappa shape index (κ1) is 18.5. The lowest BCUT2D eigenvalue weighted by Crippen LogP contribution is -2.31. The van der Waals surface area contributed by atoms with Crippen molar-refractivity contribution in [2.75, 3.05) is 0 Å².